The monoisotopic (exact) mass is 359 g/mol. The Hall–Kier alpha value is -2.29. The lowest BCUT2D eigenvalue weighted by Gasteiger charge is -2.11. The molecule has 0 bridgehead atoms. The number of halogens is 3. The van der Waals surface area contributed by atoms with Gasteiger partial charge in [-0.05, 0) is 31.6 Å². The minimum Gasteiger partial charge on any atom is -0.279 e. The van der Waals surface area contributed by atoms with Crippen LogP contribution in [0.2, 0.25) is 0 Å². The molecule has 1 N–H and O–H groups in total. The molecule has 0 fully saturated rings. The zero-order chi connectivity index (χ0) is 18.1. The largest absolute Gasteiger partial charge is 0.409 e. The first kappa shape index (κ1) is 18.1. The van der Waals surface area contributed by atoms with Crippen molar-refractivity contribution in [3.8, 4) is 0 Å². The van der Waals surface area contributed by atoms with Crippen LogP contribution in [-0.4, -0.2) is 24.4 Å². The fourth-order valence-corrected chi connectivity index (χ4v) is 3.79. The molecule has 0 aliphatic carbocycles. The summed E-state index contributed by atoms with van der Waals surface area (Å²) in [6.07, 6.45) is -3.61. The zero-order valence-corrected chi connectivity index (χ0v) is 14.0. The maximum atomic E-state index is 12.6. The number of anilines is 1. The normalized spacial score (nSPS) is 12.8. The number of alkyl halides is 3. The van der Waals surface area contributed by atoms with Gasteiger partial charge in [0.15, 0.2) is 0 Å². The van der Waals surface area contributed by atoms with Gasteiger partial charge in [-0.3, -0.25) is 9.40 Å². The molecular formula is C15H16F3N3O2S. The molecule has 1 aromatic heterocycles. The Morgan fingerprint density at radius 2 is 1.83 bits per heavy atom. The average molecular weight is 359 g/mol. The third-order valence-electron chi connectivity index (χ3n) is 3.37. The van der Waals surface area contributed by atoms with Gasteiger partial charge >= 0.3 is 6.18 Å². The number of benzene rings is 1. The topological polar surface area (TPSA) is 64.0 Å². The molecule has 130 valence electrons. The van der Waals surface area contributed by atoms with Crippen LogP contribution in [0.3, 0.4) is 0 Å². The Morgan fingerprint density at radius 3 is 2.38 bits per heavy atom. The third kappa shape index (κ3) is 3.97. The first-order valence-corrected chi connectivity index (χ1v) is 8.37. The number of hydrogen-bond acceptors (Lipinski definition) is 3. The van der Waals surface area contributed by atoms with E-state index in [1.54, 1.807) is 20.9 Å². The number of hydrogen-bond donors (Lipinski definition) is 1. The van der Waals surface area contributed by atoms with Gasteiger partial charge in [-0.15, -0.1) is 0 Å². The lowest BCUT2D eigenvalue weighted by Crippen LogP contribution is -2.15. The van der Waals surface area contributed by atoms with E-state index in [0.29, 0.717) is 11.4 Å². The number of nitrogens with zero attached hydrogens (tertiary/aromatic N) is 2. The number of aryl methyl sites for hydroxylation is 2. The molecule has 0 radical (unpaired) electrons. The van der Waals surface area contributed by atoms with Crippen molar-refractivity contribution in [1.82, 2.24) is 9.78 Å². The van der Waals surface area contributed by atoms with Gasteiger partial charge < -0.3 is 0 Å². The SMILES string of the molecule is Cc1nn(C)c(C)c1S(=O)(=O)Nc1ccccc1/C=C/C(F)(F)F. The highest BCUT2D eigenvalue weighted by Crippen LogP contribution is 2.26. The Morgan fingerprint density at radius 1 is 1.21 bits per heavy atom. The molecule has 0 saturated carbocycles. The summed E-state index contributed by atoms with van der Waals surface area (Å²) in [6.45, 7) is 3.15. The minimum absolute atomic E-state index is 0.0135. The van der Waals surface area contributed by atoms with Crippen LogP contribution in [-0.2, 0) is 17.1 Å². The van der Waals surface area contributed by atoms with Gasteiger partial charge in [-0.2, -0.15) is 18.3 Å². The van der Waals surface area contributed by atoms with Crippen LogP contribution in [0.15, 0.2) is 35.2 Å². The molecule has 0 saturated heterocycles. The highest BCUT2D eigenvalue weighted by atomic mass is 32.2. The number of sulfonamides is 1. The second-order valence-corrected chi connectivity index (χ2v) is 6.81. The van der Waals surface area contributed by atoms with Crippen LogP contribution in [0.5, 0.6) is 0 Å². The van der Waals surface area contributed by atoms with E-state index in [9.17, 15) is 21.6 Å². The molecule has 0 atom stereocenters. The van der Waals surface area contributed by atoms with Crippen molar-refractivity contribution in [2.24, 2.45) is 7.05 Å². The Kier molecular flexibility index (Phi) is 4.75. The van der Waals surface area contributed by atoms with Gasteiger partial charge in [0.25, 0.3) is 10.0 Å². The van der Waals surface area contributed by atoms with E-state index in [0.717, 1.165) is 6.08 Å². The molecule has 24 heavy (non-hydrogen) atoms. The number of allylic oxidation sites excluding steroid dienone is 1. The van der Waals surface area contributed by atoms with Crippen molar-refractivity contribution in [3.05, 3.63) is 47.3 Å². The van der Waals surface area contributed by atoms with Crippen molar-refractivity contribution >= 4 is 21.8 Å². The summed E-state index contributed by atoms with van der Waals surface area (Å²) in [5, 5.41) is 4.04. The van der Waals surface area contributed by atoms with Crippen LogP contribution in [0.4, 0.5) is 18.9 Å². The summed E-state index contributed by atoms with van der Waals surface area (Å²) in [5.74, 6) is 0. The highest BCUT2D eigenvalue weighted by molar-refractivity contribution is 7.92. The summed E-state index contributed by atoms with van der Waals surface area (Å²) >= 11 is 0. The van der Waals surface area contributed by atoms with Crippen LogP contribution >= 0.6 is 0 Å². The van der Waals surface area contributed by atoms with Crippen molar-refractivity contribution < 1.29 is 21.6 Å². The average Bonchev–Trinajstić information content (AvgIpc) is 2.70. The predicted molar refractivity (Wildman–Crippen MR) is 85.0 cm³/mol. The van der Waals surface area contributed by atoms with E-state index in [-0.39, 0.29) is 22.2 Å². The smallest absolute Gasteiger partial charge is 0.279 e. The fourth-order valence-electron chi connectivity index (χ4n) is 2.26. The van der Waals surface area contributed by atoms with E-state index in [2.05, 4.69) is 9.82 Å². The van der Waals surface area contributed by atoms with Crippen LogP contribution in [0.1, 0.15) is 17.0 Å². The standard InChI is InChI=1S/C15H16F3N3O2S/c1-10-14(11(2)21(3)19-10)24(22,23)20-13-7-5-4-6-12(13)8-9-15(16,17)18/h4-9,20H,1-3H3/b9-8+. The Bertz CT molecular complexity index is 884. The van der Waals surface area contributed by atoms with Crippen molar-refractivity contribution in [2.45, 2.75) is 24.9 Å². The predicted octanol–water partition coefficient (Wildman–Crippen LogP) is 3.41. The van der Waals surface area contributed by atoms with Crippen LogP contribution in [0, 0.1) is 13.8 Å². The van der Waals surface area contributed by atoms with Crippen molar-refractivity contribution in [3.63, 3.8) is 0 Å². The van der Waals surface area contributed by atoms with Gasteiger partial charge in [-0.25, -0.2) is 8.42 Å². The summed E-state index contributed by atoms with van der Waals surface area (Å²) in [5.41, 5.74) is 0.910. The van der Waals surface area contributed by atoms with E-state index in [1.807, 2.05) is 0 Å². The van der Waals surface area contributed by atoms with Gasteiger partial charge in [0.2, 0.25) is 0 Å². The lowest BCUT2D eigenvalue weighted by molar-refractivity contribution is -0.0790. The number of aromatic nitrogens is 2. The maximum Gasteiger partial charge on any atom is 0.409 e. The van der Waals surface area contributed by atoms with Gasteiger partial charge in [0, 0.05) is 13.1 Å². The molecule has 5 nitrogen and oxygen atoms in total. The zero-order valence-electron chi connectivity index (χ0n) is 13.2. The van der Waals surface area contributed by atoms with Gasteiger partial charge in [0.1, 0.15) is 4.90 Å². The number of rotatable bonds is 4. The molecule has 0 aliphatic heterocycles. The highest BCUT2D eigenvalue weighted by Gasteiger charge is 2.25. The molecule has 9 heteroatoms. The quantitative estimate of drug-likeness (QED) is 0.910. The molecule has 1 heterocycles. The van der Waals surface area contributed by atoms with Crippen LogP contribution in [0.25, 0.3) is 6.08 Å². The molecule has 0 spiro atoms. The first-order chi connectivity index (χ1) is 11.0. The van der Waals surface area contributed by atoms with Crippen LogP contribution < -0.4 is 4.72 Å². The summed E-state index contributed by atoms with van der Waals surface area (Å²) in [4.78, 5) is 0.0135. The van der Waals surface area contributed by atoms with Gasteiger partial charge in [0.05, 0.1) is 17.1 Å². The van der Waals surface area contributed by atoms with E-state index in [4.69, 9.17) is 0 Å². The van der Waals surface area contributed by atoms with E-state index in [1.165, 1.54) is 28.9 Å². The fraction of sp³-hybridized carbons (Fsp3) is 0.267. The summed E-state index contributed by atoms with van der Waals surface area (Å²) < 4.78 is 66.0. The third-order valence-corrected chi connectivity index (χ3v) is 4.99. The number of para-hydroxylation sites is 1. The molecule has 2 rings (SSSR count). The summed E-state index contributed by atoms with van der Waals surface area (Å²) in [6, 6.07) is 5.85. The Labute approximate surface area is 137 Å². The molecule has 0 aliphatic rings. The minimum atomic E-state index is -4.48. The number of nitrogens with one attached hydrogen (secondary N) is 1. The van der Waals surface area contributed by atoms with E-state index >= 15 is 0 Å². The molecule has 2 aromatic rings. The lowest BCUT2D eigenvalue weighted by atomic mass is 10.1. The second-order valence-electron chi connectivity index (χ2n) is 5.19. The first-order valence-electron chi connectivity index (χ1n) is 6.89. The molecule has 1 aromatic carbocycles. The molecular weight excluding hydrogens is 343 g/mol. The van der Waals surface area contributed by atoms with Gasteiger partial charge in [-0.1, -0.05) is 18.2 Å². The summed E-state index contributed by atoms with van der Waals surface area (Å²) in [7, 11) is -2.37. The Balaban J connectivity index is 2.43. The van der Waals surface area contributed by atoms with E-state index < -0.39 is 16.2 Å². The molecule has 0 amide bonds. The maximum absolute atomic E-state index is 12.6. The van der Waals surface area contributed by atoms with Crippen molar-refractivity contribution in [1.29, 1.82) is 0 Å². The van der Waals surface area contributed by atoms with Crippen molar-refractivity contribution in [2.75, 3.05) is 4.72 Å². The second kappa shape index (κ2) is 6.31. The molecule has 0 unspecified atom stereocenters.